The fourth-order valence-corrected chi connectivity index (χ4v) is 6.36. The van der Waals surface area contributed by atoms with Crippen LogP contribution in [-0.2, 0) is 18.9 Å². The van der Waals surface area contributed by atoms with Gasteiger partial charge in [0.15, 0.2) is 6.29 Å². The minimum Gasteiger partial charge on any atom is -0.467 e. The van der Waals surface area contributed by atoms with Gasteiger partial charge in [0.2, 0.25) is 6.29 Å². The molecule has 14 N–H and O–H groups in total. The Morgan fingerprint density at radius 2 is 1.71 bits per heavy atom. The molecule has 2 saturated carbocycles. The molecule has 0 aromatic rings. The first-order chi connectivity index (χ1) is 20.0. The number of aliphatic hydroxyl groups excluding tert-OH is 4. The quantitative estimate of drug-likeness (QED) is 0.0947. The smallest absolute Gasteiger partial charge is 0.215 e. The van der Waals surface area contributed by atoms with Crippen molar-refractivity contribution in [1.29, 1.82) is 0 Å². The molecule has 2 aliphatic carbocycles. The Bertz CT molecular complexity index is 877. The summed E-state index contributed by atoms with van der Waals surface area (Å²) in [6.45, 7) is 2.04. The number of nitrogens with one attached hydrogen (secondary N) is 3. The van der Waals surface area contributed by atoms with E-state index in [0.29, 0.717) is 24.6 Å². The Balaban J connectivity index is 1.43. The van der Waals surface area contributed by atoms with Gasteiger partial charge in [0.25, 0.3) is 0 Å². The fourth-order valence-electron chi connectivity index (χ4n) is 6.36. The second-order valence-electron chi connectivity index (χ2n) is 12.5. The van der Waals surface area contributed by atoms with Crippen LogP contribution in [0.1, 0.15) is 32.6 Å². The van der Waals surface area contributed by atoms with Crippen molar-refractivity contribution in [3.8, 4) is 0 Å². The van der Waals surface area contributed by atoms with E-state index in [1.54, 1.807) is 7.05 Å². The van der Waals surface area contributed by atoms with E-state index in [0.717, 1.165) is 19.4 Å². The Morgan fingerprint density at radius 3 is 2.36 bits per heavy atom. The Hall–Kier alpha value is -1.02. The molecule has 0 bridgehead atoms. The van der Waals surface area contributed by atoms with Gasteiger partial charge in [-0.3, -0.25) is 0 Å². The van der Waals surface area contributed by atoms with Crippen LogP contribution in [0.4, 0.5) is 0 Å². The molecule has 1 saturated heterocycles. The zero-order chi connectivity index (χ0) is 30.6. The molecule has 1 unspecified atom stereocenters. The van der Waals surface area contributed by atoms with E-state index >= 15 is 0 Å². The number of nitrogens with two attached hydrogens (primary N) is 3. The molecule has 0 amide bonds. The summed E-state index contributed by atoms with van der Waals surface area (Å²) in [6, 6.07) is -3.02. The number of hydrogen-bond acceptors (Lipinski definition) is 15. The van der Waals surface area contributed by atoms with E-state index in [1.807, 2.05) is 6.08 Å². The third-order valence-electron chi connectivity index (χ3n) is 8.87. The van der Waals surface area contributed by atoms with Gasteiger partial charge in [0, 0.05) is 18.1 Å². The van der Waals surface area contributed by atoms with E-state index in [9.17, 15) is 25.5 Å². The van der Waals surface area contributed by atoms with Gasteiger partial charge in [-0.1, -0.05) is 0 Å². The summed E-state index contributed by atoms with van der Waals surface area (Å²) in [6.07, 6.45) is -2.00. The molecule has 2 aliphatic heterocycles. The highest BCUT2D eigenvalue weighted by atomic mass is 16.7. The normalized spacial score (nSPS) is 44.4. The Morgan fingerprint density at radius 1 is 1.02 bits per heavy atom. The molecular formula is C27H52N6O9. The predicted molar refractivity (Wildman–Crippen MR) is 152 cm³/mol. The first kappa shape index (κ1) is 33.9. The lowest BCUT2D eigenvalue weighted by Crippen LogP contribution is -2.69. The van der Waals surface area contributed by atoms with Crippen molar-refractivity contribution >= 4 is 0 Å². The maximum Gasteiger partial charge on any atom is 0.215 e. The second-order valence-corrected chi connectivity index (χ2v) is 12.5. The second kappa shape index (κ2) is 14.8. The summed E-state index contributed by atoms with van der Waals surface area (Å²) >= 11 is 0. The lowest BCUT2D eigenvalue weighted by atomic mass is 9.81. The number of likely N-dealkylation sites (N-methyl/N-ethyl adjacent to an activating group) is 1. The van der Waals surface area contributed by atoms with Gasteiger partial charge in [0.1, 0.15) is 35.8 Å². The van der Waals surface area contributed by atoms with Crippen LogP contribution in [0.3, 0.4) is 0 Å². The molecule has 3 fully saturated rings. The van der Waals surface area contributed by atoms with Crippen LogP contribution in [0, 0.1) is 5.92 Å². The molecule has 244 valence electrons. The van der Waals surface area contributed by atoms with E-state index in [4.69, 9.17) is 36.1 Å². The summed E-state index contributed by atoms with van der Waals surface area (Å²) in [5.41, 5.74) is 17.3. The van der Waals surface area contributed by atoms with Crippen molar-refractivity contribution in [3.63, 3.8) is 0 Å². The Labute approximate surface area is 247 Å². The van der Waals surface area contributed by atoms with Crippen molar-refractivity contribution in [2.75, 3.05) is 40.0 Å². The van der Waals surface area contributed by atoms with Crippen LogP contribution < -0.4 is 33.2 Å². The Kier molecular flexibility index (Phi) is 12.0. The van der Waals surface area contributed by atoms with Crippen molar-refractivity contribution in [2.45, 2.75) is 111 Å². The van der Waals surface area contributed by atoms with Crippen LogP contribution in [0.15, 0.2) is 11.8 Å². The SMILES string of the molecule is CN[C@@H]1[C@@H](O)[C@@H](O[C@H]2[C@H](NC(CO)CO)C[C@H](N)C(O[C@H]3OC(CNCC4CC(N)C4)=CC[C@H]3N)[C@@H]2O)OC[C@]1(C)O. The van der Waals surface area contributed by atoms with Gasteiger partial charge in [0.05, 0.1) is 44.5 Å². The van der Waals surface area contributed by atoms with E-state index in [1.165, 1.54) is 6.92 Å². The van der Waals surface area contributed by atoms with Crippen molar-refractivity contribution in [2.24, 2.45) is 23.1 Å². The van der Waals surface area contributed by atoms with E-state index < -0.39 is 72.8 Å². The highest BCUT2D eigenvalue weighted by Crippen LogP contribution is 2.32. The highest BCUT2D eigenvalue weighted by Gasteiger charge is 2.51. The van der Waals surface area contributed by atoms with Crippen molar-refractivity contribution < 1.29 is 44.5 Å². The average Bonchev–Trinajstić information content (AvgIpc) is 2.93. The molecule has 15 nitrogen and oxygen atoms in total. The van der Waals surface area contributed by atoms with Gasteiger partial charge < -0.3 is 77.6 Å². The topological polar surface area (TPSA) is 252 Å². The third kappa shape index (κ3) is 7.97. The third-order valence-corrected chi connectivity index (χ3v) is 8.87. The molecule has 0 aromatic heterocycles. The van der Waals surface area contributed by atoms with E-state index in [-0.39, 0.29) is 32.3 Å². The van der Waals surface area contributed by atoms with E-state index in [2.05, 4.69) is 16.0 Å². The molecule has 0 aromatic carbocycles. The minimum absolute atomic E-state index is 0.127. The molecular weight excluding hydrogens is 552 g/mol. The number of rotatable bonds is 13. The van der Waals surface area contributed by atoms with Gasteiger partial charge in [-0.25, -0.2) is 0 Å². The highest BCUT2D eigenvalue weighted by molar-refractivity contribution is 5.06. The average molecular weight is 605 g/mol. The van der Waals surface area contributed by atoms with Crippen LogP contribution in [0.5, 0.6) is 0 Å². The molecule has 4 rings (SSSR count). The standard InChI is InChI=1S/C27H52N6O9/c1-27(38)12-39-26(21(37)24(27)31-2)42-23-19(33-15(10-34)11-35)7-18(30)22(20(23)36)41-25-17(29)4-3-16(40-25)9-32-8-13-5-14(28)6-13/h3,13-15,17-26,31-38H,4-12,28-30H2,1-2H3/t13?,14?,17-,18+,19-,20+,21-,22?,23+,24-,25-,26-,27+/m1/s1. The summed E-state index contributed by atoms with van der Waals surface area (Å²) in [4.78, 5) is 0. The lowest BCUT2D eigenvalue weighted by Gasteiger charge is -2.49. The number of hydrogen-bond donors (Lipinski definition) is 11. The van der Waals surface area contributed by atoms with Crippen LogP contribution >= 0.6 is 0 Å². The van der Waals surface area contributed by atoms with Crippen molar-refractivity contribution in [1.82, 2.24) is 16.0 Å². The molecule has 0 radical (unpaired) electrons. The van der Waals surface area contributed by atoms with Gasteiger partial charge in [-0.05, 0) is 58.2 Å². The lowest BCUT2D eigenvalue weighted by molar-refractivity contribution is -0.304. The zero-order valence-electron chi connectivity index (χ0n) is 24.5. The predicted octanol–water partition coefficient (Wildman–Crippen LogP) is -4.50. The monoisotopic (exact) mass is 604 g/mol. The van der Waals surface area contributed by atoms with Gasteiger partial charge in [-0.15, -0.1) is 0 Å². The number of aliphatic hydroxyl groups is 5. The summed E-state index contributed by atoms with van der Waals surface area (Å²) < 4.78 is 24.1. The summed E-state index contributed by atoms with van der Waals surface area (Å²) in [5, 5.41) is 61.9. The first-order valence-electron chi connectivity index (χ1n) is 15.0. The minimum atomic E-state index is -1.36. The first-order valence-corrected chi connectivity index (χ1v) is 15.0. The maximum atomic E-state index is 11.6. The summed E-state index contributed by atoms with van der Waals surface area (Å²) in [7, 11) is 1.61. The molecule has 11 atom stereocenters. The molecule has 0 spiro atoms. The molecule has 4 aliphatic rings. The fraction of sp³-hybridized carbons (Fsp3) is 0.926. The van der Waals surface area contributed by atoms with Gasteiger partial charge >= 0.3 is 0 Å². The molecule has 42 heavy (non-hydrogen) atoms. The number of ether oxygens (including phenoxy) is 4. The zero-order valence-corrected chi connectivity index (χ0v) is 24.5. The van der Waals surface area contributed by atoms with Crippen LogP contribution in [-0.4, -0.2) is 144 Å². The molecule has 15 heteroatoms. The van der Waals surface area contributed by atoms with Gasteiger partial charge in [-0.2, -0.15) is 0 Å². The van der Waals surface area contributed by atoms with Crippen LogP contribution in [0.25, 0.3) is 0 Å². The summed E-state index contributed by atoms with van der Waals surface area (Å²) in [5.74, 6) is 1.25. The van der Waals surface area contributed by atoms with Crippen molar-refractivity contribution in [3.05, 3.63) is 11.8 Å². The largest absolute Gasteiger partial charge is 0.467 e. The maximum absolute atomic E-state index is 11.6. The van der Waals surface area contributed by atoms with Crippen LogP contribution in [0.2, 0.25) is 0 Å². The molecule has 2 heterocycles.